The summed E-state index contributed by atoms with van der Waals surface area (Å²) in [6.07, 6.45) is -1.01. The Bertz CT molecular complexity index is 1000. The average molecular weight is 387 g/mol. The Hall–Kier alpha value is -3.40. The summed E-state index contributed by atoms with van der Waals surface area (Å²) in [7, 11) is 3.81. The minimum atomic E-state index is -1.01. The van der Waals surface area contributed by atoms with Crippen LogP contribution in [0.25, 0.3) is 0 Å². The number of carbonyl (C=O) groups excluding carboxylic acids is 2. The fraction of sp³-hybridized carbons (Fsp3) is 0.200. The molecule has 0 amide bonds. The van der Waals surface area contributed by atoms with Crippen molar-refractivity contribution in [2.75, 3.05) is 19.0 Å². The predicted octanol–water partition coefficient (Wildman–Crippen LogP) is 5.15. The highest BCUT2D eigenvalue weighted by Gasteiger charge is 2.27. The van der Waals surface area contributed by atoms with Gasteiger partial charge in [-0.3, -0.25) is 4.79 Å². The van der Waals surface area contributed by atoms with E-state index in [-0.39, 0.29) is 5.78 Å². The van der Waals surface area contributed by atoms with Crippen LogP contribution in [-0.2, 0) is 4.74 Å². The lowest BCUT2D eigenvalue weighted by molar-refractivity contribution is 0.0280. The summed E-state index contributed by atoms with van der Waals surface area (Å²) in [5.74, 6) is -0.772. The molecule has 3 rings (SSSR count). The third kappa shape index (κ3) is 4.91. The zero-order valence-corrected chi connectivity index (χ0v) is 17.2. The van der Waals surface area contributed by atoms with Gasteiger partial charge in [0, 0.05) is 30.9 Å². The largest absolute Gasteiger partial charge is 0.445 e. The maximum atomic E-state index is 13.2. The monoisotopic (exact) mass is 387 g/mol. The highest BCUT2D eigenvalue weighted by atomic mass is 16.5. The molecule has 0 radical (unpaired) electrons. The van der Waals surface area contributed by atoms with E-state index in [4.69, 9.17) is 4.74 Å². The molecule has 0 saturated carbocycles. The number of benzene rings is 3. The lowest BCUT2D eigenvalue weighted by Gasteiger charge is -2.19. The molecule has 0 spiro atoms. The molecule has 0 aliphatic carbocycles. The molecule has 148 valence electrons. The molecule has 0 aliphatic rings. The predicted molar refractivity (Wildman–Crippen MR) is 116 cm³/mol. The van der Waals surface area contributed by atoms with E-state index in [1.54, 1.807) is 30.3 Å². The standard InChI is InChI=1S/C25H25NO3/c1-17-8-12-19(13-9-17)23(27)24(20-14-10-18(2)11-15-20)29-25(28)21-6-5-7-22(16-21)26(3)4/h5-16,24H,1-4H3/t24-/m1/s1. The molecule has 0 saturated heterocycles. The second-order valence-electron chi connectivity index (χ2n) is 7.37. The zero-order chi connectivity index (χ0) is 21.0. The van der Waals surface area contributed by atoms with E-state index in [0.717, 1.165) is 16.8 Å². The summed E-state index contributed by atoms with van der Waals surface area (Å²) in [5, 5.41) is 0. The van der Waals surface area contributed by atoms with E-state index in [1.165, 1.54) is 0 Å². The van der Waals surface area contributed by atoms with E-state index in [0.29, 0.717) is 16.7 Å². The molecule has 0 fully saturated rings. The molecule has 1 atom stereocenters. The van der Waals surface area contributed by atoms with Crippen molar-refractivity contribution < 1.29 is 14.3 Å². The number of Topliss-reactive ketones (excluding diaryl/α,β-unsaturated/α-hetero) is 1. The molecule has 0 unspecified atom stereocenters. The lowest BCUT2D eigenvalue weighted by Crippen LogP contribution is -2.20. The average Bonchev–Trinajstić information content (AvgIpc) is 2.73. The van der Waals surface area contributed by atoms with Gasteiger partial charge >= 0.3 is 5.97 Å². The van der Waals surface area contributed by atoms with Gasteiger partial charge in [-0.2, -0.15) is 0 Å². The van der Waals surface area contributed by atoms with E-state index in [2.05, 4.69) is 0 Å². The van der Waals surface area contributed by atoms with Gasteiger partial charge in [0.1, 0.15) is 0 Å². The van der Waals surface area contributed by atoms with E-state index in [9.17, 15) is 9.59 Å². The number of ketones is 1. The highest BCUT2D eigenvalue weighted by Crippen LogP contribution is 2.25. The van der Waals surface area contributed by atoms with Gasteiger partial charge in [0.25, 0.3) is 0 Å². The normalized spacial score (nSPS) is 11.6. The summed E-state index contributed by atoms with van der Waals surface area (Å²) in [4.78, 5) is 28.0. The first-order valence-corrected chi connectivity index (χ1v) is 9.51. The fourth-order valence-corrected chi connectivity index (χ4v) is 2.97. The van der Waals surface area contributed by atoms with Gasteiger partial charge in [0.05, 0.1) is 5.56 Å². The van der Waals surface area contributed by atoms with E-state index >= 15 is 0 Å². The topological polar surface area (TPSA) is 46.6 Å². The van der Waals surface area contributed by atoms with Crippen LogP contribution in [0.2, 0.25) is 0 Å². The second-order valence-corrected chi connectivity index (χ2v) is 7.37. The third-order valence-electron chi connectivity index (χ3n) is 4.78. The van der Waals surface area contributed by atoms with E-state index < -0.39 is 12.1 Å². The van der Waals surface area contributed by atoms with Crippen LogP contribution in [0.5, 0.6) is 0 Å². The number of rotatable bonds is 6. The van der Waals surface area contributed by atoms with Crippen molar-refractivity contribution in [1.29, 1.82) is 0 Å². The molecule has 4 nitrogen and oxygen atoms in total. The van der Waals surface area contributed by atoms with Crippen LogP contribution >= 0.6 is 0 Å². The minimum Gasteiger partial charge on any atom is -0.445 e. The number of aryl methyl sites for hydroxylation is 2. The van der Waals surface area contributed by atoms with Crippen molar-refractivity contribution in [2.45, 2.75) is 20.0 Å². The van der Waals surface area contributed by atoms with Gasteiger partial charge in [-0.15, -0.1) is 0 Å². The number of hydrogen-bond donors (Lipinski definition) is 0. The van der Waals surface area contributed by atoms with Crippen LogP contribution in [0.3, 0.4) is 0 Å². The van der Waals surface area contributed by atoms with Gasteiger partial charge in [0.15, 0.2) is 6.10 Å². The first kappa shape index (κ1) is 20.3. The molecule has 0 aliphatic heterocycles. The molecule has 0 N–H and O–H groups in total. The first-order chi connectivity index (χ1) is 13.8. The van der Waals surface area contributed by atoms with Crippen molar-refractivity contribution in [3.63, 3.8) is 0 Å². The van der Waals surface area contributed by atoms with Gasteiger partial charge in [-0.25, -0.2) is 4.79 Å². The smallest absolute Gasteiger partial charge is 0.339 e. The van der Waals surface area contributed by atoms with Gasteiger partial charge in [-0.1, -0.05) is 65.7 Å². The summed E-state index contributed by atoms with van der Waals surface area (Å²) in [6.45, 7) is 3.93. The van der Waals surface area contributed by atoms with Gasteiger partial charge in [0.2, 0.25) is 5.78 Å². The summed E-state index contributed by atoms with van der Waals surface area (Å²) in [5.41, 5.74) is 4.58. The molecule has 3 aromatic rings. The number of hydrogen-bond acceptors (Lipinski definition) is 4. The minimum absolute atomic E-state index is 0.244. The summed E-state index contributed by atoms with van der Waals surface area (Å²) in [6, 6.07) is 21.9. The first-order valence-electron chi connectivity index (χ1n) is 9.51. The number of carbonyl (C=O) groups is 2. The maximum absolute atomic E-state index is 13.2. The van der Waals surface area contributed by atoms with Crippen molar-refractivity contribution in [3.8, 4) is 0 Å². The number of anilines is 1. The molecule has 0 heterocycles. The summed E-state index contributed by atoms with van der Waals surface area (Å²) >= 11 is 0. The van der Waals surface area contributed by atoms with Crippen LogP contribution in [0.4, 0.5) is 5.69 Å². The Morgan fingerprint density at radius 1 is 0.793 bits per heavy atom. The maximum Gasteiger partial charge on any atom is 0.339 e. The van der Waals surface area contributed by atoms with Crippen molar-refractivity contribution in [2.24, 2.45) is 0 Å². The Labute approximate surface area is 171 Å². The molecule has 4 heteroatoms. The Balaban J connectivity index is 1.93. The quantitative estimate of drug-likeness (QED) is 0.433. The van der Waals surface area contributed by atoms with Crippen LogP contribution in [0.15, 0.2) is 72.8 Å². The zero-order valence-electron chi connectivity index (χ0n) is 17.2. The number of nitrogens with zero attached hydrogens (tertiary/aromatic N) is 1. The fourth-order valence-electron chi connectivity index (χ4n) is 2.97. The molecule has 3 aromatic carbocycles. The van der Waals surface area contributed by atoms with Gasteiger partial charge < -0.3 is 9.64 Å². The number of esters is 1. The summed E-state index contributed by atoms with van der Waals surface area (Å²) < 4.78 is 5.74. The lowest BCUT2D eigenvalue weighted by atomic mass is 9.98. The molecule has 0 bridgehead atoms. The van der Waals surface area contributed by atoms with Crippen LogP contribution < -0.4 is 4.90 Å². The van der Waals surface area contributed by atoms with Crippen molar-refractivity contribution >= 4 is 17.4 Å². The van der Waals surface area contributed by atoms with Crippen molar-refractivity contribution in [3.05, 3.63) is 101 Å². The molecule has 0 aromatic heterocycles. The second kappa shape index (κ2) is 8.74. The Morgan fingerprint density at radius 3 is 1.97 bits per heavy atom. The van der Waals surface area contributed by atoms with E-state index in [1.807, 2.05) is 75.3 Å². The molecular weight excluding hydrogens is 362 g/mol. The molecule has 29 heavy (non-hydrogen) atoms. The van der Waals surface area contributed by atoms with Crippen LogP contribution in [0, 0.1) is 13.8 Å². The highest BCUT2D eigenvalue weighted by molar-refractivity contribution is 6.02. The Morgan fingerprint density at radius 2 is 1.38 bits per heavy atom. The van der Waals surface area contributed by atoms with Crippen molar-refractivity contribution in [1.82, 2.24) is 0 Å². The molecular formula is C25H25NO3. The SMILES string of the molecule is Cc1ccc(C(=O)[C@H](OC(=O)c2cccc(N(C)C)c2)c2ccc(C)cc2)cc1. The van der Waals surface area contributed by atoms with Crippen LogP contribution in [-0.4, -0.2) is 25.8 Å². The Kier molecular flexibility index (Phi) is 6.13. The van der Waals surface area contributed by atoms with Gasteiger partial charge in [-0.05, 0) is 32.0 Å². The third-order valence-corrected chi connectivity index (χ3v) is 4.78. The number of ether oxygens (including phenoxy) is 1. The van der Waals surface area contributed by atoms with Crippen LogP contribution in [0.1, 0.15) is 43.5 Å².